The average Bonchev–Trinajstić information content (AvgIpc) is 3.93. The van der Waals surface area contributed by atoms with Crippen molar-refractivity contribution < 1.29 is 19.1 Å². The zero-order valence-electron chi connectivity index (χ0n) is 47.9. The number of hydrogen-bond donors (Lipinski definition) is 0. The van der Waals surface area contributed by atoms with Crippen LogP contribution in [0.5, 0.6) is 0 Å². The molecular weight excluding hydrogens is 1040 g/mol. The third-order valence-electron chi connectivity index (χ3n) is 23.5. The molecule has 6 saturated carbocycles. The van der Waals surface area contributed by atoms with Gasteiger partial charge in [-0.25, -0.2) is 0 Å². The van der Waals surface area contributed by atoms with Gasteiger partial charge >= 0.3 is 274 Å². The van der Waals surface area contributed by atoms with E-state index in [1.807, 2.05) is 24.3 Å². The Bertz CT molecular complexity index is 2190. The van der Waals surface area contributed by atoms with Crippen LogP contribution in [0, 0.1) is 92.7 Å². The van der Waals surface area contributed by atoms with E-state index < -0.39 is 0 Å². The van der Waals surface area contributed by atoms with Gasteiger partial charge in [-0.1, -0.05) is 93.9 Å². The van der Waals surface area contributed by atoms with E-state index in [1.54, 1.807) is 11.1 Å². The van der Waals surface area contributed by atoms with Gasteiger partial charge in [0.2, 0.25) is 0 Å². The van der Waals surface area contributed by atoms with Gasteiger partial charge in [0.25, 0.3) is 0 Å². The van der Waals surface area contributed by atoms with Crippen LogP contribution in [0.4, 0.5) is 0 Å². The molecule has 0 N–H and O–H groups in total. The second-order valence-electron chi connectivity index (χ2n) is 28.3. The van der Waals surface area contributed by atoms with Crippen LogP contribution in [-0.2, 0) is 9.47 Å². The average molecular weight is 1140 g/mol. The fourth-order valence-corrected chi connectivity index (χ4v) is 25.3. The van der Waals surface area contributed by atoms with Crippen molar-refractivity contribution in [3.63, 3.8) is 0 Å². The van der Waals surface area contributed by atoms with Crippen molar-refractivity contribution in [3.05, 3.63) is 83.0 Å². The molecule has 10 rings (SSSR count). The zero-order chi connectivity index (χ0) is 52.2. The van der Waals surface area contributed by atoms with Crippen LogP contribution in [0.15, 0.2) is 71.8 Å². The van der Waals surface area contributed by atoms with Gasteiger partial charge < -0.3 is 0 Å². The van der Waals surface area contributed by atoms with E-state index in [4.69, 9.17) is 9.47 Å². The van der Waals surface area contributed by atoms with E-state index in [0.29, 0.717) is 22.0 Å². The molecule has 8 aliphatic rings. The molecule has 0 saturated heterocycles. The first-order chi connectivity index (χ1) is 35.4. The van der Waals surface area contributed by atoms with E-state index >= 15 is 0 Å². The van der Waals surface area contributed by atoms with Crippen LogP contribution < -0.4 is 8.92 Å². The van der Waals surface area contributed by atoms with Gasteiger partial charge in [-0.2, -0.15) is 0 Å². The summed E-state index contributed by atoms with van der Waals surface area (Å²) in [6.07, 6.45) is 33.3. The van der Waals surface area contributed by atoms with Crippen molar-refractivity contribution in [1.82, 2.24) is 0 Å². The van der Waals surface area contributed by atoms with Crippen LogP contribution in [0.1, 0.15) is 231 Å². The van der Waals surface area contributed by atoms with Crippen molar-refractivity contribution in [1.29, 1.82) is 0 Å². The SMILES string of the molecule is CC(C)CCC[C@@H](C)[C@H]1CC[C@H]2[C@@H]3CC=C4C[C@@H](OC(=O)c5ccc([Se][Se]c6ccc(C(=O)O[C@H]7CC[C@@]8(C)C(=CC[C@H]9[C@@H]%10CC[C@H]([C@H](C)CCCC(C)C)[C@@]%10(C)CC[C@@H]98)C7)cc6)cc5)CC[C@]4(C)[C@H]3CC[C@]12C. The molecule has 0 aromatic heterocycles. The Hall–Kier alpha value is -2.10. The Morgan fingerprint density at radius 3 is 1.27 bits per heavy atom. The molecule has 4 nitrogen and oxygen atoms in total. The summed E-state index contributed by atoms with van der Waals surface area (Å²) < 4.78 is 15.2. The van der Waals surface area contributed by atoms with Gasteiger partial charge in [0.05, 0.1) is 0 Å². The molecule has 0 amide bonds. The van der Waals surface area contributed by atoms with Crippen LogP contribution >= 0.6 is 0 Å². The van der Waals surface area contributed by atoms with E-state index in [-0.39, 0.29) is 61.2 Å². The van der Waals surface area contributed by atoms with Crippen molar-refractivity contribution in [3.8, 4) is 0 Å². The summed E-state index contributed by atoms with van der Waals surface area (Å²) in [4.78, 5) is 27.2. The molecule has 0 bridgehead atoms. The first kappa shape index (κ1) is 55.2. The minimum absolute atomic E-state index is 0.0324. The summed E-state index contributed by atoms with van der Waals surface area (Å²) in [7, 11) is 0. The van der Waals surface area contributed by atoms with Gasteiger partial charge in [0.1, 0.15) is 0 Å². The zero-order valence-corrected chi connectivity index (χ0v) is 51.3. The number of ether oxygens (including phenoxy) is 2. The molecule has 8 aliphatic carbocycles. The Balaban J connectivity index is 0.667. The van der Waals surface area contributed by atoms with Crippen molar-refractivity contribution >= 4 is 47.1 Å². The Labute approximate surface area is 461 Å². The van der Waals surface area contributed by atoms with Gasteiger partial charge in [0.15, 0.2) is 0 Å². The maximum absolute atomic E-state index is 13.6. The third-order valence-corrected chi connectivity index (χ3v) is 30.7. The van der Waals surface area contributed by atoms with E-state index in [1.165, 1.54) is 112 Å². The van der Waals surface area contributed by atoms with Crippen LogP contribution in [0.25, 0.3) is 0 Å². The second-order valence-corrected chi connectivity index (χ2v) is 34.6. The van der Waals surface area contributed by atoms with Crippen molar-refractivity contribution in [2.24, 2.45) is 92.7 Å². The standard InChI is InChI=1S/C68H98O4Se2/c1-43(2)13-11-15-45(5)57-29-31-59-55-27-21-49-41-51(33-37-65(49,7)61(55)35-39-67(57,59)9)71-63(69)47-17-23-53(24-18-47)73-74-54-25-19-48(20-26-54)64(70)72-52-34-38-66(8)50(42-52)22-28-56-60-32-30-58(46(6)16-12-14-44(3)4)68(60,10)40-36-62(56)66/h17-26,43-46,51-52,55-62H,11-16,27-42H2,1-10H3/t45-,46-,51+,52+,55+,56+,57-,58-,59+,60+,61+,62+,65+,66+,67-,68-/m1/s1. The summed E-state index contributed by atoms with van der Waals surface area (Å²) in [6.45, 7) is 25.2. The topological polar surface area (TPSA) is 52.6 Å². The summed E-state index contributed by atoms with van der Waals surface area (Å²) in [5, 5.41) is 0. The van der Waals surface area contributed by atoms with Gasteiger partial charge in [-0.3, -0.25) is 0 Å². The number of fused-ring (bicyclic) bond motifs is 10. The van der Waals surface area contributed by atoms with Crippen LogP contribution in [0.2, 0.25) is 0 Å². The van der Waals surface area contributed by atoms with Gasteiger partial charge in [-0.15, -0.1) is 0 Å². The van der Waals surface area contributed by atoms with E-state index in [9.17, 15) is 9.59 Å². The van der Waals surface area contributed by atoms with Gasteiger partial charge in [0, 0.05) is 0 Å². The molecule has 6 fully saturated rings. The Morgan fingerprint density at radius 2 is 0.892 bits per heavy atom. The first-order valence-electron chi connectivity index (χ1n) is 30.7. The maximum atomic E-state index is 13.6. The third kappa shape index (κ3) is 10.8. The molecule has 74 heavy (non-hydrogen) atoms. The molecule has 0 aliphatic heterocycles. The Morgan fingerprint density at radius 1 is 0.500 bits per heavy atom. The van der Waals surface area contributed by atoms with E-state index in [2.05, 4.69) is 106 Å². The minimum Gasteiger partial charge on any atom is -0.0591 e. The monoisotopic (exact) mass is 1140 g/mol. The normalized spacial score (nSPS) is 38.1. The number of allylic oxidation sites excluding steroid dienone is 2. The van der Waals surface area contributed by atoms with Gasteiger partial charge in [-0.05, 0) is 96.7 Å². The molecule has 406 valence electrons. The van der Waals surface area contributed by atoms with Crippen LogP contribution in [0.3, 0.4) is 0 Å². The molecule has 0 radical (unpaired) electrons. The summed E-state index contributed by atoms with van der Waals surface area (Å²) in [5.74, 6) is 9.66. The molecule has 0 unspecified atom stereocenters. The molecule has 2 aromatic carbocycles. The fraction of sp³-hybridized carbons (Fsp3) is 0.735. The molecule has 0 heterocycles. The van der Waals surface area contributed by atoms with Crippen molar-refractivity contribution in [2.75, 3.05) is 0 Å². The summed E-state index contributed by atoms with van der Waals surface area (Å²) >= 11 is 0.531. The number of carbonyl (C=O) groups is 2. The molecule has 2 aromatic rings. The number of esters is 2. The minimum atomic E-state index is -0.175. The van der Waals surface area contributed by atoms with Crippen molar-refractivity contribution in [2.45, 2.75) is 223 Å². The second kappa shape index (κ2) is 22.6. The first-order valence-corrected chi connectivity index (χ1v) is 36.8. The number of carbonyl (C=O) groups excluding carboxylic acids is 2. The predicted octanol–water partition coefficient (Wildman–Crippen LogP) is 16.1. The Kier molecular flexibility index (Phi) is 16.8. The predicted molar refractivity (Wildman–Crippen MR) is 308 cm³/mol. The smallest absolute Gasteiger partial charge is 0.0591 e. The summed E-state index contributed by atoms with van der Waals surface area (Å²) in [5.41, 5.74) is 6.01. The molecule has 6 heteroatoms. The molecular formula is C68H98O4Se2. The quantitative estimate of drug-likeness (QED) is 0.0900. The van der Waals surface area contributed by atoms with Crippen LogP contribution in [-0.4, -0.2) is 50.4 Å². The fourth-order valence-electron chi connectivity index (χ4n) is 19.3. The number of hydrogen-bond acceptors (Lipinski definition) is 4. The number of benzene rings is 2. The molecule has 16 atom stereocenters. The molecule has 0 spiro atoms. The number of rotatable bonds is 17. The van der Waals surface area contributed by atoms with E-state index in [0.717, 1.165) is 110 Å². The summed E-state index contributed by atoms with van der Waals surface area (Å²) in [6, 6.07) is 16.4.